The van der Waals surface area contributed by atoms with Gasteiger partial charge >= 0.3 is 0 Å². The summed E-state index contributed by atoms with van der Waals surface area (Å²) in [7, 11) is 0. The third-order valence-corrected chi connectivity index (χ3v) is 1.27. The van der Waals surface area contributed by atoms with Crippen molar-refractivity contribution in [3.63, 3.8) is 0 Å². The summed E-state index contributed by atoms with van der Waals surface area (Å²) in [6, 6.07) is 3.41. The number of pyridine rings is 1. The molecule has 0 fully saturated rings. The molecule has 1 aromatic heterocycles. The highest BCUT2D eigenvalue weighted by molar-refractivity contribution is 5.35. The van der Waals surface area contributed by atoms with Crippen LogP contribution in [-0.2, 0) is 0 Å². The molecule has 12 heavy (non-hydrogen) atoms. The van der Waals surface area contributed by atoms with Gasteiger partial charge in [0, 0.05) is 18.7 Å². The van der Waals surface area contributed by atoms with Crippen molar-refractivity contribution >= 4 is 5.82 Å². The number of ether oxygens (including phenoxy) is 1. The summed E-state index contributed by atoms with van der Waals surface area (Å²) in [5.41, 5.74) is 5.43. The molecule has 2 N–H and O–H groups in total. The quantitative estimate of drug-likeness (QED) is 0.534. The third kappa shape index (κ3) is 2.51. The Balaban J connectivity index is 2.48. The Bertz CT molecular complexity index is 291. The highest BCUT2D eigenvalue weighted by atomic mass is 16.5. The lowest BCUT2D eigenvalue weighted by molar-refractivity contribution is 0.327. The van der Waals surface area contributed by atoms with Gasteiger partial charge in [-0.3, -0.25) is 0 Å². The number of hydrogen-bond acceptors (Lipinski definition) is 3. The van der Waals surface area contributed by atoms with E-state index < -0.39 is 0 Å². The second kappa shape index (κ2) is 4.24. The standard InChI is InChI=1S/C9H10N2O/c1-2-3-6-12-8-4-5-11-9(10)7-8/h1,4-5,7H,3,6H2,(H2,10,11). The average Bonchev–Trinajstić information content (AvgIpc) is 2.05. The van der Waals surface area contributed by atoms with Crippen LogP contribution in [0.3, 0.4) is 0 Å². The Labute approximate surface area is 71.6 Å². The van der Waals surface area contributed by atoms with E-state index in [1.54, 1.807) is 18.3 Å². The topological polar surface area (TPSA) is 48.1 Å². The van der Waals surface area contributed by atoms with Crippen molar-refractivity contribution in [1.82, 2.24) is 4.98 Å². The van der Waals surface area contributed by atoms with E-state index in [2.05, 4.69) is 10.9 Å². The number of nitrogens with two attached hydrogens (primary N) is 1. The number of anilines is 1. The predicted octanol–water partition coefficient (Wildman–Crippen LogP) is 1.07. The van der Waals surface area contributed by atoms with Gasteiger partial charge in [0.15, 0.2) is 0 Å². The normalized spacial score (nSPS) is 8.92. The summed E-state index contributed by atoms with van der Waals surface area (Å²) in [5, 5.41) is 0. The van der Waals surface area contributed by atoms with E-state index in [0.29, 0.717) is 24.6 Å². The fourth-order valence-electron chi connectivity index (χ4n) is 0.746. The molecule has 0 aliphatic rings. The van der Waals surface area contributed by atoms with Gasteiger partial charge in [0.05, 0.1) is 6.61 Å². The summed E-state index contributed by atoms with van der Waals surface area (Å²) in [5.74, 6) is 3.64. The van der Waals surface area contributed by atoms with Crippen LogP contribution in [0.2, 0.25) is 0 Å². The van der Waals surface area contributed by atoms with Gasteiger partial charge < -0.3 is 10.5 Å². The van der Waals surface area contributed by atoms with Gasteiger partial charge in [-0.05, 0) is 6.07 Å². The molecule has 3 heteroatoms. The van der Waals surface area contributed by atoms with Crippen LogP contribution in [0.15, 0.2) is 18.3 Å². The fraction of sp³-hybridized carbons (Fsp3) is 0.222. The van der Waals surface area contributed by atoms with Gasteiger partial charge in [-0.1, -0.05) is 0 Å². The Morgan fingerprint density at radius 1 is 1.67 bits per heavy atom. The van der Waals surface area contributed by atoms with E-state index in [9.17, 15) is 0 Å². The van der Waals surface area contributed by atoms with Crippen molar-refractivity contribution < 1.29 is 4.74 Å². The zero-order chi connectivity index (χ0) is 8.81. The van der Waals surface area contributed by atoms with Crippen molar-refractivity contribution in [2.24, 2.45) is 0 Å². The molecule has 0 atom stereocenters. The SMILES string of the molecule is C#CCCOc1ccnc(N)c1. The molecule has 1 aromatic rings. The summed E-state index contributed by atoms with van der Waals surface area (Å²) < 4.78 is 5.26. The van der Waals surface area contributed by atoms with Gasteiger partial charge in [-0.15, -0.1) is 12.3 Å². The van der Waals surface area contributed by atoms with Gasteiger partial charge in [-0.25, -0.2) is 4.98 Å². The largest absolute Gasteiger partial charge is 0.492 e. The Kier molecular flexibility index (Phi) is 2.97. The lowest BCUT2D eigenvalue weighted by Gasteiger charge is -2.02. The molecule has 0 radical (unpaired) electrons. The molecule has 0 saturated carbocycles. The predicted molar refractivity (Wildman–Crippen MR) is 47.6 cm³/mol. The summed E-state index contributed by atoms with van der Waals surface area (Å²) in [4.78, 5) is 3.83. The minimum Gasteiger partial charge on any atom is -0.492 e. The smallest absolute Gasteiger partial charge is 0.126 e. The molecule has 1 rings (SSSR count). The molecule has 0 spiro atoms. The zero-order valence-corrected chi connectivity index (χ0v) is 6.66. The Morgan fingerprint density at radius 3 is 3.17 bits per heavy atom. The molecular weight excluding hydrogens is 152 g/mol. The second-order valence-corrected chi connectivity index (χ2v) is 2.22. The molecule has 0 bridgehead atoms. The minimum absolute atomic E-state index is 0.452. The highest BCUT2D eigenvalue weighted by Crippen LogP contribution is 2.11. The number of hydrogen-bond donors (Lipinski definition) is 1. The highest BCUT2D eigenvalue weighted by Gasteiger charge is 1.92. The first-order chi connectivity index (χ1) is 5.83. The maximum atomic E-state index is 5.43. The van der Waals surface area contributed by atoms with E-state index in [0.717, 1.165) is 0 Å². The molecule has 0 aliphatic carbocycles. The summed E-state index contributed by atoms with van der Waals surface area (Å²) >= 11 is 0. The zero-order valence-electron chi connectivity index (χ0n) is 6.66. The van der Waals surface area contributed by atoms with Crippen LogP contribution in [-0.4, -0.2) is 11.6 Å². The molecule has 0 aliphatic heterocycles. The monoisotopic (exact) mass is 162 g/mol. The lowest BCUT2D eigenvalue weighted by atomic mass is 10.4. The van der Waals surface area contributed by atoms with E-state index in [-0.39, 0.29) is 0 Å². The van der Waals surface area contributed by atoms with Gasteiger partial charge in [0.1, 0.15) is 11.6 Å². The van der Waals surface area contributed by atoms with Crippen LogP contribution in [0.4, 0.5) is 5.82 Å². The average molecular weight is 162 g/mol. The van der Waals surface area contributed by atoms with Crippen LogP contribution < -0.4 is 10.5 Å². The Morgan fingerprint density at radius 2 is 2.50 bits per heavy atom. The van der Waals surface area contributed by atoms with Crippen molar-refractivity contribution in [1.29, 1.82) is 0 Å². The van der Waals surface area contributed by atoms with Crippen molar-refractivity contribution in [2.75, 3.05) is 12.3 Å². The maximum absolute atomic E-state index is 5.43. The van der Waals surface area contributed by atoms with E-state index in [4.69, 9.17) is 16.9 Å². The van der Waals surface area contributed by atoms with E-state index >= 15 is 0 Å². The first-order valence-corrected chi connectivity index (χ1v) is 3.60. The number of nitrogen functional groups attached to an aromatic ring is 1. The van der Waals surface area contributed by atoms with Crippen LogP contribution in [0.1, 0.15) is 6.42 Å². The van der Waals surface area contributed by atoms with Crippen LogP contribution in [0.25, 0.3) is 0 Å². The van der Waals surface area contributed by atoms with E-state index in [1.807, 2.05) is 0 Å². The van der Waals surface area contributed by atoms with Crippen LogP contribution in [0.5, 0.6) is 5.75 Å². The first kappa shape index (κ1) is 8.41. The van der Waals surface area contributed by atoms with E-state index in [1.165, 1.54) is 0 Å². The molecule has 0 aromatic carbocycles. The fourth-order valence-corrected chi connectivity index (χ4v) is 0.746. The third-order valence-electron chi connectivity index (χ3n) is 1.27. The number of rotatable bonds is 3. The number of nitrogens with zero attached hydrogens (tertiary/aromatic N) is 1. The second-order valence-electron chi connectivity index (χ2n) is 2.22. The molecule has 1 heterocycles. The minimum atomic E-state index is 0.452. The first-order valence-electron chi connectivity index (χ1n) is 3.60. The molecule has 3 nitrogen and oxygen atoms in total. The lowest BCUT2D eigenvalue weighted by Crippen LogP contribution is -1.97. The van der Waals surface area contributed by atoms with Gasteiger partial charge in [-0.2, -0.15) is 0 Å². The molecule has 0 saturated heterocycles. The Hall–Kier alpha value is -1.69. The molecule has 0 amide bonds. The maximum Gasteiger partial charge on any atom is 0.126 e. The van der Waals surface area contributed by atoms with Crippen molar-refractivity contribution in [3.8, 4) is 18.1 Å². The van der Waals surface area contributed by atoms with Gasteiger partial charge in [0.2, 0.25) is 0 Å². The van der Waals surface area contributed by atoms with Crippen molar-refractivity contribution in [2.45, 2.75) is 6.42 Å². The van der Waals surface area contributed by atoms with Crippen molar-refractivity contribution in [3.05, 3.63) is 18.3 Å². The van der Waals surface area contributed by atoms with Crippen LogP contribution in [0, 0.1) is 12.3 Å². The van der Waals surface area contributed by atoms with Gasteiger partial charge in [0.25, 0.3) is 0 Å². The summed E-state index contributed by atoms with van der Waals surface area (Å²) in [6.45, 7) is 0.514. The van der Waals surface area contributed by atoms with Crippen LogP contribution >= 0.6 is 0 Å². The number of terminal acetylenes is 1. The molecular formula is C9H10N2O. The number of aromatic nitrogens is 1. The molecule has 0 unspecified atom stereocenters. The molecule has 62 valence electrons. The summed E-state index contributed by atoms with van der Waals surface area (Å²) in [6.07, 6.45) is 7.25.